The van der Waals surface area contributed by atoms with Crippen molar-refractivity contribution in [2.24, 2.45) is 0 Å². The fourth-order valence-electron chi connectivity index (χ4n) is 2.55. The normalized spacial score (nSPS) is 15.7. The van der Waals surface area contributed by atoms with Gasteiger partial charge in [0.2, 0.25) is 0 Å². The number of thiocarbonyl (C=S) groups is 1. The third kappa shape index (κ3) is 4.05. The molecule has 1 N–H and O–H groups in total. The van der Waals surface area contributed by atoms with Crippen molar-refractivity contribution in [3.05, 3.63) is 54.2 Å². The molecule has 0 aliphatic carbocycles. The molecule has 6 heteroatoms. The molecule has 5 nitrogen and oxygen atoms in total. The van der Waals surface area contributed by atoms with Crippen LogP contribution in [0, 0.1) is 0 Å². The molecule has 1 saturated heterocycles. The number of nitrogens with zero attached hydrogens (tertiary/aromatic N) is 3. The summed E-state index contributed by atoms with van der Waals surface area (Å²) in [5.41, 5.74) is 1.26. The Morgan fingerprint density at radius 3 is 2.77 bits per heavy atom. The van der Waals surface area contributed by atoms with E-state index in [0.29, 0.717) is 6.54 Å². The number of hydrogen-bond donors (Lipinski definition) is 1. The first-order chi connectivity index (χ1) is 10.8. The van der Waals surface area contributed by atoms with E-state index in [-0.39, 0.29) is 0 Å². The SMILES string of the molecule is S=C(NCc1ccco1)N1CCN(Cc2cccnc2)CC1. The predicted molar refractivity (Wildman–Crippen MR) is 89.2 cm³/mol. The molecule has 3 rings (SSSR count). The molecule has 0 unspecified atom stereocenters. The van der Waals surface area contributed by atoms with E-state index in [1.165, 1.54) is 5.56 Å². The Labute approximate surface area is 135 Å². The fraction of sp³-hybridized carbons (Fsp3) is 0.375. The van der Waals surface area contributed by atoms with Crippen molar-refractivity contribution in [3.63, 3.8) is 0 Å². The van der Waals surface area contributed by atoms with Crippen molar-refractivity contribution in [2.45, 2.75) is 13.1 Å². The van der Waals surface area contributed by atoms with Crippen molar-refractivity contribution in [2.75, 3.05) is 26.2 Å². The van der Waals surface area contributed by atoms with E-state index in [2.05, 4.69) is 26.2 Å². The van der Waals surface area contributed by atoms with Crippen LogP contribution in [-0.2, 0) is 13.1 Å². The van der Waals surface area contributed by atoms with Gasteiger partial charge in [0.1, 0.15) is 5.76 Å². The van der Waals surface area contributed by atoms with Crippen LogP contribution >= 0.6 is 12.2 Å². The van der Waals surface area contributed by atoms with Crippen LogP contribution in [0.25, 0.3) is 0 Å². The summed E-state index contributed by atoms with van der Waals surface area (Å²) in [5, 5.41) is 4.06. The Bertz CT molecular complexity index is 579. The van der Waals surface area contributed by atoms with E-state index in [9.17, 15) is 0 Å². The third-order valence-electron chi connectivity index (χ3n) is 3.78. The van der Waals surface area contributed by atoms with E-state index < -0.39 is 0 Å². The summed E-state index contributed by atoms with van der Waals surface area (Å²) in [6.07, 6.45) is 5.42. The average Bonchev–Trinajstić information content (AvgIpc) is 3.08. The maximum Gasteiger partial charge on any atom is 0.169 e. The second kappa shape index (κ2) is 7.38. The Morgan fingerprint density at radius 2 is 2.09 bits per heavy atom. The lowest BCUT2D eigenvalue weighted by molar-refractivity contribution is 0.174. The highest BCUT2D eigenvalue weighted by Gasteiger charge is 2.18. The molecule has 3 heterocycles. The van der Waals surface area contributed by atoms with Crippen molar-refractivity contribution in [1.29, 1.82) is 0 Å². The summed E-state index contributed by atoms with van der Waals surface area (Å²) in [7, 11) is 0. The number of furan rings is 1. The van der Waals surface area contributed by atoms with Crippen LogP contribution in [0.5, 0.6) is 0 Å². The van der Waals surface area contributed by atoms with Crippen molar-refractivity contribution in [1.82, 2.24) is 20.1 Å². The molecule has 0 aromatic carbocycles. The molecule has 0 radical (unpaired) electrons. The van der Waals surface area contributed by atoms with Gasteiger partial charge in [-0.25, -0.2) is 0 Å². The summed E-state index contributed by atoms with van der Waals surface area (Å²) in [4.78, 5) is 8.82. The van der Waals surface area contributed by atoms with Crippen LogP contribution in [-0.4, -0.2) is 46.1 Å². The minimum atomic E-state index is 0.641. The monoisotopic (exact) mass is 316 g/mol. The lowest BCUT2D eigenvalue weighted by atomic mass is 10.2. The zero-order valence-corrected chi connectivity index (χ0v) is 13.3. The van der Waals surface area contributed by atoms with Gasteiger partial charge in [-0.3, -0.25) is 9.88 Å². The zero-order valence-electron chi connectivity index (χ0n) is 12.4. The minimum absolute atomic E-state index is 0.641. The number of aromatic nitrogens is 1. The smallest absolute Gasteiger partial charge is 0.169 e. The number of piperazine rings is 1. The van der Waals surface area contributed by atoms with Crippen molar-refractivity contribution < 1.29 is 4.42 Å². The van der Waals surface area contributed by atoms with Crippen LogP contribution in [0.15, 0.2) is 47.3 Å². The summed E-state index contributed by atoms with van der Waals surface area (Å²) in [5.74, 6) is 0.901. The van der Waals surface area contributed by atoms with Crippen LogP contribution in [0.4, 0.5) is 0 Å². The van der Waals surface area contributed by atoms with Gasteiger partial charge in [0.15, 0.2) is 5.11 Å². The second-order valence-electron chi connectivity index (χ2n) is 5.36. The van der Waals surface area contributed by atoms with E-state index in [1.54, 1.807) is 6.26 Å². The maximum atomic E-state index is 5.46. The Balaban J connectivity index is 1.42. The standard InChI is InChI=1S/C16H20N4OS/c22-16(18-12-15-4-2-10-21-15)20-8-6-19(7-9-20)13-14-3-1-5-17-11-14/h1-5,10-11H,6-9,12-13H2,(H,18,22). The number of pyridine rings is 1. The van der Waals surface area contributed by atoms with Gasteiger partial charge >= 0.3 is 0 Å². The molecular weight excluding hydrogens is 296 g/mol. The van der Waals surface area contributed by atoms with E-state index >= 15 is 0 Å². The van der Waals surface area contributed by atoms with E-state index in [1.807, 2.05) is 30.6 Å². The molecule has 0 atom stereocenters. The highest BCUT2D eigenvalue weighted by Crippen LogP contribution is 2.08. The molecule has 116 valence electrons. The quantitative estimate of drug-likeness (QED) is 0.869. The minimum Gasteiger partial charge on any atom is -0.467 e. The van der Waals surface area contributed by atoms with Gasteiger partial charge in [-0.1, -0.05) is 6.07 Å². The first kappa shape index (κ1) is 15.0. The molecule has 2 aromatic rings. The molecule has 1 aliphatic heterocycles. The van der Waals surface area contributed by atoms with E-state index in [4.69, 9.17) is 16.6 Å². The number of hydrogen-bond acceptors (Lipinski definition) is 4. The molecule has 0 spiro atoms. The summed E-state index contributed by atoms with van der Waals surface area (Å²) in [6, 6.07) is 7.94. The first-order valence-electron chi connectivity index (χ1n) is 7.48. The lowest BCUT2D eigenvalue weighted by Crippen LogP contribution is -2.51. The average molecular weight is 316 g/mol. The molecule has 22 heavy (non-hydrogen) atoms. The predicted octanol–water partition coefficient (Wildman–Crippen LogP) is 1.87. The highest BCUT2D eigenvalue weighted by molar-refractivity contribution is 7.80. The van der Waals surface area contributed by atoms with Gasteiger partial charge < -0.3 is 14.6 Å². The van der Waals surface area contributed by atoms with Crippen molar-refractivity contribution in [3.8, 4) is 0 Å². The second-order valence-corrected chi connectivity index (χ2v) is 5.75. The number of rotatable bonds is 4. The first-order valence-corrected chi connectivity index (χ1v) is 7.88. The highest BCUT2D eigenvalue weighted by atomic mass is 32.1. The molecule has 0 saturated carbocycles. The van der Waals surface area contributed by atoms with Gasteiger partial charge in [0.05, 0.1) is 12.8 Å². The Morgan fingerprint density at radius 1 is 1.23 bits per heavy atom. The van der Waals surface area contributed by atoms with Gasteiger partial charge in [0, 0.05) is 45.1 Å². The van der Waals surface area contributed by atoms with E-state index in [0.717, 1.165) is 43.6 Å². The zero-order chi connectivity index (χ0) is 15.2. The molecule has 2 aromatic heterocycles. The molecule has 0 bridgehead atoms. The van der Waals surface area contributed by atoms with Gasteiger partial charge in [-0.2, -0.15) is 0 Å². The van der Waals surface area contributed by atoms with Crippen LogP contribution in [0.1, 0.15) is 11.3 Å². The topological polar surface area (TPSA) is 44.5 Å². The third-order valence-corrected chi connectivity index (χ3v) is 4.18. The Hall–Kier alpha value is -1.92. The number of nitrogens with one attached hydrogen (secondary N) is 1. The summed E-state index contributed by atoms with van der Waals surface area (Å²) >= 11 is 5.46. The molecule has 1 fully saturated rings. The lowest BCUT2D eigenvalue weighted by Gasteiger charge is -2.36. The largest absolute Gasteiger partial charge is 0.467 e. The Kier molecular flexibility index (Phi) is 5.03. The molecular formula is C16H20N4OS. The maximum absolute atomic E-state index is 5.46. The summed E-state index contributed by atoms with van der Waals surface area (Å²) in [6.45, 7) is 5.51. The molecule has 0 amide bonds. The van der Waals surface area contributed by atoms with Gasteiger partial charge in [-0.15, -0.1) is 0 Å². The summed E-state index contributed by atoms with van der Waals surface area (Å²) < 4.78 is 5.30. The van der Waals surface area contributed by atoms with Crippen molar-refractivity contribution >= 4 is 17.3 Å². The van der Waals surface area contributed by atoms with Crippen LogP contribution in [0.2, 0.25) is 0 Å². The van der Waals surface area contributed by atoms with Gasteiger partial charge in [-0.05, 0) is 36.0 Å². The molecule has 1 aliphatic rings. The van der Waals surface area contributed by atoms with Crippen LogP contribution < -0.4 is 5.32 Å². The fourth-order valence-corrected chi connectivity index (χ4v) is 2.80. The van der Waals surface area contributed by atoms with Gasteiger partial charge in [0.25, 0.3) is 0 Å². The van der Waals surface area contributed by atoms with Crippen LogP contribution in [0.3, 0.4) is 0 Å².